The van der Waals surface area contributed by atoms with Crippen molar-refractivity contribution in [3.8, 4) is 0 Å². The van der Waals surface area contributed by atoms with Gasteiger partial charge in [-0.2, -0.15) is 0 Å². The van der Waals surface area contributed by atoms with Gasteiger partial charge in [0, 0.05) is 23.4 Å². The van der Waals surface area contributed by atoms with Crippen LogP contribution in [0.4, 0.5) is 5.69 Å². The van der Waals surface area contributed by atoms with Crippen molar-refractivity contribution in [3.05, 3.63) is 44.9 Å². The number of fused-ring (bicyclic) bond motifs is 1. The van der Waals surface area contributed by atoms with Crippen LogP contribution in [0.2, 0.25) is 0 Å². The van der Waals surface area contributed by atoms with Crippen LogP contribution < -0.4 is 5.32 Å². The minimum atomic E-state index is 0.0661. The van der Waals surface area contributed by atoms with E-state index < -0.39 is 0 Å². The number of rotatable bonds is 4. The number of aromatic nitrogens is 1. The molecular weight excluding hydrogens is 292 g/mol. The third-order valence-electron chi connectivity index (χ3n) is 4.25. The molecule has 0 radical (unpaired) electrons. The fourth-order valence-electron chi connectivity index (χ4n) is 2.78. The smallest absolute Gasteiger partial charge is 0.224 e. The molecule has 1 heterocycles. The van der Waals surface area contributed by atoms with Gasteiger partial charge in [-0.3, -0.25) is 4.79 Å². The average molecular weight is 314 g/mol. The second-order valence-corrected chi connectivity index (χ2v) is 7.20. The van der Waals surface area contributed by atoms with Crippen molar-refractivity contribution < 1.29 is 4.79 Å². The number of aryl methyl sites for hydroxylation is 5. The molecule has 0 fully saturated rings. The number of carbonyl (C=O) groups excluding carboxylic acids is 1. The fourth-order valence-corrected chi connectivity index (χ4v) is 3.93. The lowest BCUT2D eigenvalue weighted by Gasteiger charge is -2.07. The van der Waals surface area contributed by atoms with Gasteiger partial charge in [-0.05, 0) is 62.8 Å². The van der Waals surface area contributed by atoms with E-state index in [0.29, 0.717) is 6.42 Å². The number of benzene rings is 1. The zero-order valence-corrected chi connectivity index (χ0v) is 14.1. The summed E-state index contributed by atoms with van der Waals surface area (Å²) >= 11 is 1.80. The average Bonchev–Trinajstić information content (AvgIpc) is 2.92. The molecule has 22 heavy (non-hydrogen) atoms. The van der Waals surface area contributed by atoms with Gasteiger partial charge in [0.25, 0.3) is 0 Å². The van der Waals surface area contributed by atoms with Crippen LogP contribution in [0.1, 0.15) is 46.0 Å². The Morgan fingerprint density at radius 3 is 2.82 bits per heavy atom. The lowest BCUT2D eigenvalue weighted by Crippen LogP contribution is -2.12. The summed E-state index contributed by atoms with van der Waals surface area (Å²) in [6.45, 7) is 4.14. The van der Waals surface area contributed by atoms with Gasteiger partial charge in [0.15, 0.2) is 0 Å². The third-order valence-corrected chi connectivity index (χ3v) is 5.46. The number of amides is 1. The molecule has 116 valence electrons. The SMILES string of the molecule is Cc1ccc(NC(=O)CCc2nc3c(s2)CCCC3)cc1C. The van der Waals surface area contributed by atoms with Crippen molar-refractivity contribution in [3.63, 3.8) is 0 Å². The van der Waals surface area contributed by atoms with E-state index in [2.05, 4.69) is 19.2 Å². The van der Waals surface area contributed by atoms with Crippen molar-refractivity contribution in [1.82, 2.24) is 4.98 Å². The summed E-state index contributed by atoms with van der Waals surface area (Å²) in [7, 11) is 0. The Hall–Kier alpha value is -1.68. The van der Waals surface area contributed by atoms with E-state index in [9.17, 15) is 4.79 Å². The molecule has 1 N–H and O–H groups in total. The molecule has 0 saturated heterocycles. The van der Waals surface area contributed by atoms with E-state index in [1.165, 1.54) is 41.0 Å². The van der Waals surface area contributed by atoms with Gasteiger partial charge in [0.05, 0.1) is 10.7 Å². The quantitative estimate of drug-likeness (QED) is 0.918. The Morgan fingerprint density at radius 2 is 2.05 bits per heavy atom. The predicted octanol–water partition coefficient (Wildman–Crippen LogP) is 4.21. The standard InChI is InChI=1S/C18H22N2OS/c1-12-7-8-14(11-13(12)2)19-17(21)9-10-18-20-15-5-3-4-6-16(15)22-18/h7-8,11H,3-6,9-10H2,1-2H3,(H,19,21). The van der Waals surface area contributed by atoms with Crippen LogP contribution in [0, 0.1) is 13.8 Å². The first-order chi connectivity index (χ1) is 10.6. The van der Waals surface area contributed by atoms with Crippen molar-refractivity contribution in [2.24, 2.45) is 0 Å². The second-order valence-electron chi connectivity index (χ2n) is 6.03. The Morgan fingerprint density at radius 1 is 1.23 bits per heavy atom. The van der Waals surface area contributed by atoms with E-state index in [4.69, 9.17) is 4.98 Å². The molecule has 1 aliphatic carbocycles. The second kappa shape index (κ2) is 6.61. The van der Waals surface area contributed by atoms with Crippen LogP contribution in [0.5, 0.6) is 0 Å². The van der Waals surface area contributed by atoms with Crippen molar-refractivity contribution in [2.45, 2.75) is 52.4 Å². The zero-order chi connectivity index (χ0) is 15.5. The molecule has 0 spiro atoms. The molecule has 1 aromatic heterocycles. The van der Waals surface area contributed by atoms with Crippen LogP contribution in [0.25, 0.3) is 0 Å². The first kappa shape index (κ1) is 15.2. The van der Waals surface area contributed by atoms with Crippen LogP contribution >= 0.6 is 11.3 Å². The molecule has 0 unspecified atom stereocenters. The molecule has 2 aromatic rings. The highest BCUT2D eigenvalue weighted by molar-refractivity contribution is 7.11. The minimum absolute atomic E-state index is 0.0661. The Bertz CT molecular complexity index is 667. The van der Waals surface area contributed by atoms with Gasteiger partial charge >= 0.3 is 0 Å². The molecule has 0 aliphatic heterocycles. The number of carbonyl (C=O) groups is 1. The summed E-state index contributed by atoms with van der Waals surface area (Å²) in [6, 6.07) is 6.03. The van der Waals surface area contributed by atoms with E-state index in [1.807, 2.05) is 18.2 Å². The highest BCUT2D eigenvalue weighted by Gasteiger charge is 2.15. The van der Waals surface area contributed by atoms with Gasteiger partial charge in [0.2, 0.25) is 5.91 Å². The Balaban J connectivity index is 1.55. The largest absolute Gasteiger partial charge is 0.326 e. The van der Waals surface area contributed by atoms with Gasteiger partial charge in [-0.25, -0.2) is 4.98 Å². The first-order valence-corrected chi connectivity index (χ1v) is 8.78. The predicted molar refractivity (Wildman–Crippen MR) is 91.6 cm³/mol. The molecule has 4 heteroatoms. The molecule has 0 atom stereocenters. The van der Waals surface area contributed by atoms with Crippen molar-refractivity contribution >= 4 is 22.9 Å². The summed E-state index contributed by atoms with van der Waals surface area (Å²) in [5.41, 5.74) is 4.60. The lowest BCUT2D eigenvalue weighted by molar-refractivity contribution is -0.116. The first-order valence-electron chi connectivity index (χ1n) is 7.96. The molecule has 1 aromatic carbocycles. The normalized spacial score (nSPS) is 13.7. The van der Waals surface area contributed by atoms with Crippen molar-refractivity contribution in [2.75, 3.05) is 5.32 Å². The van der Waals surface area contributed by atoms with Gasteiger partial charge < -0.3 is 5.32 Å². The minimum Gasteiger partial charge on any atom is -0.326 e. The Labute approximate surface area is 135 Å². The number of nitrogens with zero attached hydrogens (tertiary/aromatic N) is 1. The van der Waals surface area contributed by atoms with Gasteiger partial charge in [0.1, 0.15) is 0 Å². The molecule has 1 amide bonds. The van der Waals surface area contributed by atoms with Crippen molar-refractivity contribution in [1.29, 1.82) is 0 Å². The zero-order valence-electron chi connectivity index (χ0n) is 13.2. The topological polar surface area (TPSA) is 42.0 Å². The molecular formula is C18H22N2OS. The highest BCUT2D eigenvalue weighted by Crippen LogP contribution is 2.27. The third kappa shape index (κ3) is 3.55. The Kier molecular flexibility index (Phi) is 4.57. The number of thiazole rings is 1. The lowest BCUT2D eigenvalue weighted by atomic mass is 10.0. The summed E-state index contributed by atoms with van der Waals surface area (Å²) in [5, 5.41) is 4.09. The maximum atomic E-state index is 12.1. The van der Waals surface area contributed by atoms with Crippen LogP contribution in [0.3, 0.4) is 0 Å². The summed E-state index contributed by atoms with van der Waals surface area (Å²) < 4.78 is 0. The maximum Gasteiger partial charge on any atom is 0.224 e. The van der Waals surface area contributed by atoms with Gasteiger partial charge in [-0.1, -0.05) is 6.07 Å². The summed E-state index contributed by atoms with van der Waals surface area (Å²) in [4.78, 5) is 18.2. The van der Waals surface area contributed by atoms with Gasteiger partial charge in [-0.15, -0.1) is 11.3 Å². The molecule has 0 saturated carbocycles. The summed E-state index contributed by atoms with van der Waals surface area (Å²) in [6.07, 6.45) is 6.06. The van der Waals surface area contributed by atoms with E-state index in [-0.39, 0.29) is 5.91 Å². The molecule has 0 bridgehead atoms. The van der Waals surface area contributed by atoms with E-state index >= 15 is 0 Å². The number of hydrogen-bond donors (Lipinski definition) is 1. The molecule has 3 nitrogen and oxygen atoms in total. The highest BCUT2D eigenvalue weighted by atomic mass is 32.1. The van der Waals surface area contributed by atoms with E-state index in [0.717, 1.165) is 23.5 Å². The van der Waals surface area contributed by atoms with Crippen LogP contribution in [0.15, 0.2) is 18.2 Å². The summed E-state index contributed by atoms with van der Waals surface area (Å²) in [5.74, 6) is 0.0661. The number of anilines is 1. The van der Waals surface area contributed by atoms with Crippen LogP contribution in [-0.2, 0) is 24.1 Å². The fraction of sp³-hybridized carbons (Fsp3) is 0.444. The monoisotopic (exact) mass is 314 g/mol. The number of hydrogen-bond acceptors (Lipinski definition) is 3. The molecule has 3 rings (SSSR count). The van der Waals surface area contributed by atoms with Crippen LogP contribution in [-0.4, -0.2) is 10.9 Å². The molecule has 1 aliphatic rings. The maximum absolute atomic E-state index is 12.1. The number of nitrogens with one attached hydrogen (secondary N) is 1. The van der Waals surface area contributed by atoms with E-state index in [1.54, 1.807) is 11.3 Å².